The highest BCUT2D eigenvalue weighted by atomic mass is 35.5. The first-order valence-corrected chi connectivity index (χ1v) is 8.47. The summed E-state index contributed by atoms with van der Waals surface area (Å²) in [6, 6.07) is 13.5. The molecule has 1 amide bonds. The number of carbonyl (C=O) groups is 2. The number of amides is 1. The highest BCUT2D eigenvalue weighted by molar-refractivity contribution is 6.39. The molecule has 8 heteroatoms. The number of para-hydroxylation sites is 1. The van der Waals surface area contributed by atoms with E-state index in [1.54, 1.807) is 30.3 Å². The molecule has 138 valence electrons. The third kappa shape index (κ3) is 4.48. The van der Waals surface area contributed by atoms with Crippen molar-refractivity contribution in [3.8, 4) is 11.3 Å². The quantitative estimate of drug-likeness (QED) is 0.591. The van der Waals surface area contributed by atoms with E-state index in [-0.39, 0.29) is 32.8 Å². The fourth-order valence-corrected chi connectivity index (χ4v) is 2.74. The lowest BCUT2D eigenvalue weighted by molar-refractivity contribution is -0.119. The van der Waals surface area contributed by atoms with Crippen LogP contribution >= 0.6 is 23.2 Å². The van der Waals surface area contributed by atoms with Gasteiger partial charge in [0.15, 0.2) is 6.61 Å². The molecule has 3 rings (SSSR count). The lowest BCUT2D eigenvalue weighted by atomic mass is 10.1. The topological polar surface area (TPSA) is 68.5 Å². The second-order valence-electron chi connectivity index (χ2n) is 5.36. The van der Waals surface area contributed by atoms with E-state index in [9.17, 15) is 14.0 Å². The van der Waals surface area contributed by atoms with Gasteiger partial charge in [-0.1, -0.05) is 41.4 Å². The number of nitrogens with one attached hydrogen (secondary N) is 1. The van der Waals surface area contributed by atoms with E-state index < -0.39 is 24.3 Å². The second-order valence-corrected chi connectivity index (χ2v) is 6.18. The first-order valence-electron chi connectivity index (χ1n) is 7.71. The van der Waals surface area contributed by atoms with Crippen LogP contribution in [0.15, 0.2) is 59.0 Å². The Hall–Kier alpha value is -2.83. The first kappa shape index (κ1) is 18.9. The maximum absolute atomic E-state index is 13.8. The van der Waals surface area contributed by atoms with Crippen molar-refractivity contribution < 1.29 is 23.1 Å². The highest BCUT2D eigenvalue weighted by Crippen LogP contribution is 2.29. The monoisotopic (exact) mass is 407 g/mol. The van der Waals surface area contributed by atoms with E-state index in [4.69, 9.17) is 32.4 Å². The fraction of sp³-hybridized carbons (Fsp3) is 0.0526. The number of rotatable bonds is 5. The van der Waals surface area contributed by atoms with E-state index in [0.717, 1.165) is 0 Å². The van der Waals surface area contributed by atoms with Crippen molar-refractivity contribution in [2.24, 2.45) is 0 Å². The normalized spacial score (nSPS) is 10.5. The van der Waals surface area contributed by atoms with Crippen LogP contribution in [0.1, 0.15) is 10.6 Å². The molecular formula is C19H12Cl2FNO4. The molecule has 2 aromatic carbocycles. The van der Waals surface area contributed by atoms with E-state index in [0.29, 0.717) is 0 Å². The number of anilines is 1. The van der Waals surface area contributed by atoms with E-state index >= 15 is 0 Å². The molecule has 0 unspecified atom stereocenters. The van der Waals surface area contributed by atoms with Gasteiger partial charge in [0, 0.05) is 0 Å². The number of hydrogen-bond acceptors (Lipinski definition) is 4. The van der Waals surface area contributed by atoms with Gasteiger partial charge in [0.05, 0.1) is 21.3 Å². The van der Waals surface area contributed by atoms with Crippen LogP contribution in [0.2, 0.25) is 10.0 Å². The van der Waals surface area contributed by atoms with Crippen molar-refractivity contribution in [3.05, 3.63) is 76.2 Å². The molecule has 0 aliphatic carbocycles. The zero-order valence-electron chi connectivity index (χ0n) is 13.7. The Balaban J connectivity index is 1.61. The molecule has 0 aliphatic heterocycles. The molecule has 3 aromatic rings. The lowest BCUT2D eigenvalue weighted by Crippen LogP contribution is -2.21. The Morgan fingerprint density at radius 1 is 1.00 bits per heavy atom. The molecule has 1 aromatic heterocycles. The maximum Gasteiger partial charge on any atom is 0.374 e. The Morgan fingerprint density at radius 2 is 1.70 bits per heavy atom. The maximum atomic E-state index is 13.8. The second kappa shape index (κ2) is 8.24. The van der Waals surface area contributed by atoms with Crippen LogP contribution in [0, 0.1) is 5.82 Å². The van der Waals surface area contributed by atoms with Gasteiger partial charge in [0.2, 0.25) is 5.76 Å². The molecule has 0 aliphatic rings. The third-order valence-electron chi connectivity index (χ3n) is 3.51. The van der Waals surface area contributed by atoms with Crippen LogP contribution in [0.5, 0.6) is 0 Å². The van der Waals surface area contributed by atoms with Crippen molar-refractivity contribution in [2.75, 3.05) is 11.9 Å². The van der Waals surface area contributed by atoms with Crippen LogP contribution in [0.25, 0.3) is 11.3 Å². The number of esters is 1. The molecule has 1 N–H and O–H groups in total. The molecule has 1 heterocycles. The molecule has 5 nitrogen and oxygen atoms in total. The fourth-order valence-electron chi connectivity index (χ4n) is 2.25. The molecule has 0 atom stereocenters. The smallest absolute Gasteiger partial charge is 0.374 e. The van der Waals surface area contributed by atoms with E-state index in [2.05, 4.69) is 5.32 Å². The molecule has 0 bridgehead atoms. The average Bonchev–Trinajstić information content (AvgIpc) is 3.13. The zero-order valence-corrected chi connectivity index (χ0v) is 15.2. The van der Waals surface area contributed by atoms with Crippen molar-refractivity contribution in [2.45, 2.75) is 0 Å². The lowest BCUT2D eigenvalue weighted by Gasteiger charge is -2.09. The van der Waals surface area contributed by atoms with Gasteiger partial charge in [-0.2, -0.15) is 0 Å². The summed E-state index contributed by atoms with van der Waals surface area (Å²) in [4.78, 5) is 24.0. The minimum atomic E-state index is -0.863. The Labute approximate surface area is 163 Å². The van der Waals surface area contributed by atoms with Gasteiger partial charge >= 0.3 is 5.97 Å². The minimum Gasteiger partial charge on any atom is -0.450 e. The molecular weight excluding hydrogens is 396 g/mol. The van der Waals surface area contributed by atoms with Gasteiger partial charge in [-0.3, -0.25) is 4.79 Å². The summed E-state index contributed by atoms with van der Waals surface area (Å²) < 4.78 is 24.0. The van der Waals surface area contributed by atoms with Gasteiger partial charge < -0.3 is 14.5 Å². The van der Waals surface area contributed by atoms with E-state index in [1.165, 1.54) is 24.3 Å². The van der Waals surface area contributed by atoms with Gasteiger partial charge in [-0.05, 0) is 36.4 Å². The average molecular weight is 408 g/mol. The Bertz CT molecular complexity index is 983. The van der Waals surface area contributed by atoms with Crippen LogP contribution in [0.3, 0.4) is 0 Å². The molecule has 0 fully saturated rings. The standard InChI is InChI=1S/C19H12Cl2FNO4/c20-12-5-3-6-13(21)18(12)23-17(24)10-26-19(25)16-9-8-15(27-16)11-4-1-2-7-14(11)22/h1-9H,10H2,(H,23,24). The minimum absolute atomic E-state index is 0.156. The van der Waals surface area contributed by atoms with E-state index in [1.807, 2.05) is 0 Å². The van der Waals surface area contributed by atoms with Crippen LogP contribution in [0.4, 0.5) is 10.1 Å². The summed E-state index contributed by atoms with van der Waals surface area (Å²) in [6.07, 6.45) is 0. The van der Waals surface area contributed by atoms with Crippen LogP contribution < -0.4 is 5.32 Å². The Morgan fingerprint density at radius 3 is 2.41 bits per heavy atom. The van der Waals surface area contributed by atoms with Crippen molar-refractivity contribution >= 4 is 40.8 Å². The largest absolute Gasteiger partial charge is 0.450 e. The van der Waals surface area contributed by atoms with Gasteiger partial charge in [0.25, 0.3) is 5.91 Å². The summed E-state index contributed by atoms with van der Waals surface area (Å²) in [5, 5.41) is 2.97. The third-order valence-corrected chi connectivity index (χ3v) is 4.14. The molecule has 27 heavy (non-hydrogen) atoms. The van der Waals surface area contributed by atoms with Gasteiger partial charge in [-0.25, -0.2) is 9.18 Å². The SMILES string of the molecule is O=C(COC(=O)c1ccc(-c2ccccc2F)o1)Nc1c(Cl)cccc1Cl. The van der Waals surface area contributed by atoms with Crippen molar-refractivity contribution in [1.82, 2.24) is 0 Å². The predicted molar refractivity (Wildman–Crippen MR) is 99.5 cm³/mol. The number of benzene rings is 2. The number of carbonyl (C=O) groups excluding carboxylic acids is 2. The van der Waals surface area contributed by atoms with Crippen molar-refractivity contribution in [1.29, 1.82) is 0 Å². The molecule has 0 spiro atoms. The van der Waals surface area contributed by atoms with Gasteiger partial charge in [0.1, 0.15) is 11.6 Å². The first-order chi connectivity index (χ1) is 13.0. The summed E-state index contributed by atoms with van der Waals surface area (Å²) >= 11 is 11.9. The van der Waals surface area contributed by atoms with Gasteiger partial charge in [-0.15, -0.1) is 0 Å². The summed E-state index contributed by atoms with van der Waals surface area (Å²) in [7, 11) is 0. The van der Waals surface area contributed by atoms with Crippen molar-refractivity contribution in [3.63, 3.8) is 0 Å². The number of furan rings is 1. The van der Waals surface area contributed by atoms with Crippen LogP contribution in [-0.4, -0.2) is 18.5 Å². The summed E-state index contributed by atoms with van der Waals surface area (Å²) in [5.41, 5.74) is 0.435. The number of ether oxygens (including phenoxy) is 1. The highest BCUT2D eigenvalue weighted by Gasteiger charge is 2.17. The molecule has 0 radical (unpaired) electrons. The zero-order chi connectivity index (χ0) is 19.4. The number of hydrogen-bond donors (Lipinski definition) is 1. The Kier molecular flexibility index (Phi) is 5.78. The molecule has 0 saturated carbocycles. The number of halogens is 3. The predicted octanol–water partition coefficient (Wildman–Crippen LogP) is 5.19. The van der Waals surface area contributed by atoms with Crippen LogP contribution in [-0.2, 0) is 9.53 Å². The molecule has 0 saturated heterocycles. The summed E-state index contributed by atoms with van der Waals surface area (Å²) in [6.45, 7) is -0.573. The summed E-state index contributed by atoms with van der Waals surface area (Å²) in [5.74, 6) is -1.95.